The van der Waals surface area contributed by atoms with Gasteiger partial charge in [0.05, 0.1) is 4.21 Å². The number of piperazine rings is 1. The molecule has 0 saturated carbocycles. The van der Waals surface area contributed by atoms with Crippen LogP contribution in [0.3, 0.4) is 0 Å². The van der Waals surface area contributed by atoms with Crippen molar-refractivity contribution in [1.82, 2.24) is 13.5 Å². The van der Waals surface area contributed by atoms with E-state index in [-0.39, 0.29) is 19.0 Å². The topological polar surface area (TPSA) is 74.1 Å². The minimum atomic E-state index is -3.50. The maximum atomic E-state index is 13.4. The highest BCUT2D eigenvalue weighted by Gasteiger charge is 2.34. The maximum absolute atomic E-state index is 13.4. The Labute approximate surface area is 197 Å². The van der Waals surface area contributed by atoms with Crippen molar-refractivity contribution in [3.05, 3.63) is 53.1 Å². The fourth-order valence-electron chi connectivity index (χ4n) is 3.88. The molecule has 3 aromatic rings. The molecule has 0 atom stereocenters. The van der Waals surface area contributed by atoms with E-state index in [4.69, 9.17) is 4.42 Å². The number of thioether (sulfide) groups is 1. The van der Waals surface area contributed by atoms with Crippen molar-refractivity contribution in [3.8, 4) is 0 Å². The van der Waals surface area contributed by atoms with Crippen LogP contribution in [-0.2, 0) is 16.0 Å². The number of carbonyl (C=O) groups excluding carboxylic acids is 1. The number of hydrogen-bond acceptors (Lipinski definition) is 6. The number of para-hydroxylation sites is 1. The minimum Gasteiger partial charge on any atom is -0.451 e. The third-order valence-corrected chi connectivity index (χ3v) is 9.97. The number of rotatable bonds is 8. The second-order valence-corrected chi connectivity index (χ2v) is 11.6. The second-order valence-electron chi connectivity index (χ2n) is 7.41. The van der Waals surface area contributed by atoms with Gasteiger partial charge in [0.25, 0.3) is 16.1 Å². The largest absolute Gasteiger partial charge is 0.451 e. The van der Waals surface area contributed by atoms with Crippen molar-refractivity contribution in [2.24, 2.45) is 0 Å². The molecule has 1 fully saturated rings. The van der Waals surface area contributed by atoms with Gasteiger partial charge in [0.1, 0.15) is 5.58 Å². The molecule has 32 heavy (non-hydrogen) atoms. The number of furan rings is 1. The number of amides is 1. The van der Waals surface area contributed by atoms with Crippen molar-refractivity contribution in [3.63, 3.8) is 0 Å². The van der Waals surface area contributed by atoms with E-state index in [0.29, 0.717) is 43.3 Å². The van der Waals surface area contributed by atoms with Gasteiger partial charge in [0.15, 0.2) is 5.76 Å². The average molecular weight is 494 g/mol. The average Bonchev–Trinajstić information content (AvgIpc) is 3.45. The number of nitrogens with zero attached hydrogens (tertiary/aromatic N) is 3. The predicted octanol–water partition coefficient (Wildman–Crippen LogP) is 4.13. The van der Waals surface area contributed by atoms with Crippen LogP contribution in [0.5, 0.6) is 0 Å². The molecule has 0 aliphatic carbocycles. The highest BCUT2D eigenvalue weighted by Crippen LogP contribution is 2.34. The molecule has 0 bridgehead atoms. The van der Waals surface area contributed by atoms with E-state index in [2.05, 4.69) is 6.07 Å². The Morgan fingerprint density at radius 3 is 2.47 bits per heavy atom. The summed E-state index contributed by atoms with van der Waals surface area (Å²) in [6.45, 7) is 5.77. The Bertz CT molecular complexity index is 1160. The fourth-order valence-corrected chi connectivity index (χ4v) is 7.30. The maximum Gasteiger partial charge on any atom is 0.290 e. The van der Waals surface area contributed by atoms with Gasteiger partial charge in [-0.3, -0.25) is 4.79 Å². The van der Waals surface area contributed by atoms with E-state index in [1.807, 2.05) is 49.6 Å². The van der Waals surface area contributed by atoms with Crippen LogP contribution in [0.25, 0.3) is 11.0 Å². The summed E-state index contributed by atoms with van der Waals surface area (Å²) in [6, 6.07) is 11.8. The van der Waals surface area contributed by atoms with Gasteiger partial charge in [0, 0.05) is 56.0 Å². The zero-order chi connectivity index (χ0) is 22.7. The second kappa shape index (κ2) is 9.96. The van der Waals surface area contributed by atoms with Gasteiger partial charge in [-0.05, 0) is 17.5 Å². The van der Waals surface area contributed by atoms with Crippen LogP contribution in [0.1, 0.15) is 30.0 Å². The quantitative estimate of drug-likeness (QED) is 0.441. The van der Waals surface area contributed by atoms with Crippen molar-refractivity contribution in [2.45, 2.75) is 23.8 Å². The molecule has 172 valence electrons. The minimum absolute atomic E-state index is 0.178. The summed E-state index contributed by atoms with van der Waals surface area (Å²) in [5.41, 5.74) is 1.59. The van der Waals surface area contributed by atoms with Gasteiger partial charge in [-0.15, -0.1) is 23.1 Å². The third kappa shape index (κ3) is 4.60. The van der Waals surface area contributed by atoms with Crippen molar-refractivity contribution < 1.29 is 17.6 Å². The Morgan fingerprint density at radius 1 is 1.09 bits per heavy atom. The molecule has 0 unspecified atom stereocenters. The van der Waals surface area contributed by atoms with Crippen LogP contribution in [0.15, 0.2) is 50.4 Å². The van der Waals surface area contributed by atoms with Gasteiger partial charge in [0.2, 0.25) is 0 Å². The van der Waals surface area contributed by atoms with Gasteiger partial charge in [-0.2, -0.15) is 17.0 Å². The molecule has 4 rings (SSSR count). The van der Waals surface area contributed by atoms with Gasteiger partial charge in [-0.1, -0.05) is 38.1 Å². The van der Waals surface area contributed by atoms with Crippen LogP contribution in [0, 0.1) is 0 Å². The number of benzene rings is 1. The van der Waals surface area contributed by atoms with Crippen LogP contribution in [-0.4, -0.2) is 67.1 Å². The molecule has 10 heteroatoms. The molecule has 0 N–H and O–H groups in total. The van der Waals surface area contributed by atoms with Crippen molar-refractivity contribution in [1.29, 1.82) is 0 Å². The van der Waals surface area contributed by atoms with E-state index in [9.17, 15) is 13.2 Å². The monoisotopic (exact) mass is 493 g/mol. The molecule has 2 aromatic heterocycles. The first-order valence-corrected chi connectivity index (χ1v) is 13.9. The Morgan fingerprint density at radius 2 is 1.81 bits per heavy atom. The lowest BCUT2D eigenvalue weighted by atomic mass is 10.1. The first kappa shape index (κ1) is 23.3. The molecule has 1 amide bonds. The normalized spacial score (nSPS) is 15.7. The van der Waals surface area contributed by atoms with Crippen molar-refractivity contribution in [2.75, 3.05) is 39.3 Å². The fraction of sp³-hybridized carbons (Fsp3) is 0.409. The van der Waals surface area contributed by atoms with Crippen LogP contribution < -0.4 is 0 Å². The lowest BCUT2D eigenvalue weighted by Crippen LogP contribution is -2.54. The smallest absolute Gasteiger partial charge is 0.290 e. The van der Waals surface area contributed by atoms with E-state index in [0.717, 1.165) is 10.9 Å². The van der Waals surface area contributed by atoms with Crippen LogP contribution in [0.2, 0.25) is 0 Å². The van der Waals surface area contributed by atoms with E-state index >= 15 is 0 Å². The van der Waals surface area contributed by atoms with Crippen molar-refractivity contribution >= 4 is 50.2 Å². The summed E-state index contributed by atoms with van der Waals surface area (Å²) in [5.74, 6) is 0.813. The Hall–Kier alpha value is -1.85. The van der Waals surface area contributed by atoms with Crippen LogP contribution in [0.4, 0.5) is 0 Å². The molecular formula is C22H27N3O4S3. The van der Waals surface area contributed by atoms with Gasteiger partial charge in [-0.25, -0.2) is 0 Å². The molecule has 7 nitrogen and oxygen atoms in total. The summed E-state index contributed by atoms with van der Waals surface area (Å²) < 4.78 is 35.7. The Balaban J connectivity index is 1.52. The number of fused-ring (bicyclic) bond motifs is 1. The molecule has 1 aromatic carbocycles. The Kier molecular flexibility index (Phi) is 7.26. The molecule has 1 aliphatic heterocycles. The summed E-state index contributed by atoms with van der Waals surface area (Å²) in [7, 11) is -3.50. The number of carbonyl (C=O) groups is 1. The zero-order valence-corrected chi connectivity index (χ0v) is 20.6. The highest BCUT2D eigenvalue weighted by atomic mass is 32.2. The molecule has 1 saturated heterocycles. The number of hydrogen-bond donors (Lipinski definition) is 0. The van der Waals surface area contributed by atoms with E-state index < -0.39 is 10.2 Å². The van der Waals surface area contributed by atoms with E-state index in [1.54, 1.807) is 28.0 Å². The summed E-state index contributed by atoms with van der Waals surface area (Å²) in [5, 5.41) is 2.98. The summed E-state index contributed by atoms with van der Waals surface area (Å²) in [6.07, 6.45) is 0. The lowest BCUT2D eigenvalue weighted by Gasteiger charge is -2.36. The first-order chi connectivity index (χ1) is 15.5. The van der Waals surface area contributed by atoms with Gasteiger partial charge < -0.3 is 9.32 Å². The molecular weight excluding hydrogens is 466 g/mol. The zero-order valence-electron chi connectivity index (χ0n) is 18.2. The molecule has 0 spiro atoms. The van der Waals surface area contributed by atoms with Crippen LogP contribution >= 0.6 is 23.1 Å². The summed E-state index contributed by atoms with van der Waals surface area (Å²) in [4.78, 5) is 15.1. The first-order valence-electron chi connectivity index (χ1n) is 10.7. The van der Waals surface area contributed by atoms with E-state index in [1.165, 1.54) is 12.8 Å². The predicted molar refractivity (Wildman–Crippen MR) is 129 cm³/mol. The van der Waals surface area contributed by atoms with Gasteiger partial charge >= 0.3 is 0 Å². The summed E-state index contributed by atoms with van der Waals surface area (Å²) >= 11 is 3.36. The molecule has 0 radical (unpaired) electrons. The molecule has 1 aliphatic rings. The number of thiophene rings is 1. The lowest BCUT2D eigenvalue weighted by molar-refractivity contribution is 0.0663. The standard InChI is InChI=1S/C22H27N3O4S3/c1-3-24(4-2)32(27,28)25-13-11-23(12-14-25)22(26)21-18(16-31-20-10-7-15-30-20)17-8-5-6-9-19(17)29-21/h5-10,15H,3-4,11-14,16H2,1-2H3. The molecule has 3 heterocycles. The highest BCUT2D eigenvalue weighted by molar-refractivity contribution is 8.00. The third-order valence-electron chi connectivity index (χ3n) is 5.63. The SMILES string of the molecule is CCN(CC)S(=O)(=O)N1CCN(C(=O)c2oc3ccccc3c2CSc2cccs2)CC1.